The fourth-order valence-corrected chi connectivity index (χ4v) is 4.84. The average Bonchev–Trinajstić information content (AvgIpc) is 3.12. The zero-order valence-corrected chi connectivity index (χ0v) is 18.7. The Morgan fingerprint density at radius 1 is 0.969 bits per heavy atom. The second-order valence-corrected chi connectivity index (χ2v) is 9.85. The summed E-state index contributed by atoms with van der Waals surface area (Å²) in [5.74, 6) is 0. The Bertz CT molecular complexity index is 1610. The van der Waals surface area contributed by atoms with Crippen LogP contribution in [0.15, 0.2) is 72.3 Å². The summed E-state index contributed by atoms with van der Waals surface area (Å²) >= 11 is 0. The van der Waals surface area contributed by atoms with Crippen molar-refractivity contribution in [1.29, 1.82) is 0 Å². The smallest absolute Gasteiger partial charge is 0.177 e. The molecule has 0 fully saturated rings. The molecule has 5 aromatic rings. The van der Waals surface area contributed by atoms with Crippen LogP contribution in [-0.4, -0.2) is 34.2 Å². The lowest BCUT2D eigenvalue weighted by Gasteiger charge is -2.15. The van der Waals surface area contributed by atoms with Gasteiger partial charge in [0, 0.05) is 54.9 Å². The van der Waals surface area contributed by atoms with Crippen molar-refractivity contribution < 1.29 is 8.42 Å². The molecule has 1 N–H and O–H groups in total. The number of fused-ring (bicyclic) bond motifs is 2. The minimum atomic E-state index is -3.42. The van der Waals surface area contributed by atoms with Crippen molar-refractivity contribution in [3.63, 3.8) is 0 Å². The summed E-state index contributed by atoms with van der Waals surface area (Å²) in [5.41, 5.74) is 6.81. The first kappa shape index (κ1) is 20.1. The van der Waals surface area contributed by atoms with Crippen LogP contribution < -0.4 is 5.32 Å². The Balaban J connectivity index is 1.72. The molecule has 0 aliphatic heterocycles. The van der Waals surface area contributed by atoms with Gasteiger partial charge in [0.2, 0.25) is 0 Å². The van der Waals surface area contributed by atoms with Gasteiger partial charge in [0.25, 0.3) is 0 Å². The molecule has 0 amide bonds. The second kappa shape index (κ2) is 7.42. The molecule has 0 unspecified atom stereocenters. The largest absolute Gasteiger partial charge is 0.353 e. The summed E-state index contributed by atoms with van der Waals surface area (Å²) in [5, 5.41) is 4.40. The lowest BCUT2D eigenvalue weighted by Crippen LogP contribution is -2.03. The maximum absolute atomic E-state index is 12.2. The summed E-state index contributed by atoms with van der Waals surface area (Å²) < 4.78 is 26.5. The number of sulfone groups is 1. The molecule has 5 rings (SSSR count). The van der Waals surface area contributed by atoms with E-state index in [1.807, 2.05) is 25.4 Å². The third kappa shape index (κ3) is 3.48. The number of aromatic nitrogens is 4. The van der Waals surface area contributed by atoms with Gasteiger partial charge in [-0.25, -0.2) is 8.42 Å². The molecule has 32 heavy (non-hydrogen) atoms. The molecular formula is C24H21N5O2S. The van der Waals surface area contributed by atoms with Crippen LogP contribution in [-0.2, 0) is 16.9 Å². The summed E-state index contributed by atoms with van der Waals surface area (Å²) in [6.07, 6.45) is 9.53. The van der Waals surface area contributed by atoms with Crippen LogP contribution in [0.2, 0.25) is 0 Å². The molecule has 0 saturated carbocycles. The fourth-order valence-electron chi connectivity index (χ4n) is 4.03. The number of benzene rings is 2. The van der Waals surface area contributed by atoms with E-state index in [-0.39, 0.29) is 4.90 Å². The molecule has 0 radical (unpaired) electrons. The molecular weight excluding hydrogens is 422 g/mol. The highest BCUT2D eigenvalue weighted by Crippen LogP contribution is 2.36. The average molecular weight is 444 g/mol. The van der Waals surface area contributed by atoms with Crippen LogP contribution in [0.3, 0.4) is 0 Å². The SMILES string of the molecule is Cc1cc2ccn(C)c2cc1-c1cc(Nc2cnccc2S(C)(=O)=O)cc2nccnc12. The molecule has 2 aromatic carbocycles. The van der Waals surface area contributed by atoms with Gasteiger partial charge in [-0.1, -0.05) is 0 Å². The highest BCUT2D eigenvalue weighted by atomic mass is 32.2. The van der Waals surface area contributed by atoms with Crippen molar-refractivity contribution in [2.45, 2.75) is 11.8 Å². The maximum Gasteiger partial charge on any atom is 0.177 e. The molecule has 0 atom stereocenters. The number of anilines is 2. The number of pyridine rings is 1. The first-order valence-electron chi connectivity index (χ1n) is 10.0. The van der Waals surface area contributed by atoms with Gasteiger partial charge in [-0.05, 0) is 59.8 Å². The molecule has 0 aliphatic carbocycles. The Hall–Kier alpha value is -3.78. The van der Waals surface area contributed by atoms with E-state index >= 15 is 0 Å². The van der Waals surface area contributed by atoms with Crippen LogP contribution in [0, 0.1) is 6.92 Å². The topological polar surface area (TPSA) is 89.8 Å². The normalized spacial score (nSPS) is 11.8. The molecule has 0 bridgehead atoms. The molecule has 3 aromatic heterocycles. The van der Waals surface area contributed by atoms with Crippen LogP contribution in [0.4, 0.5) is 11.4 Å². The molecule has 0 aliphatic rings. The van der Waals surface area contributed by atoms with Gasteiger partial charge in [0.15, 0.2) is 9.84 Å². The first-order valence-corrected chi connectivity index (χ1v) is 11.9. The lowest BCUT2D eigenvalue weighted by molar-refractivity contribution is 0.602. The third-order valence-electron chi connectivity index (χ3n) is 5.55. The predicted molar refractivity (Wildman–Crippen MR) is 127 cm³/mol. The summed E-state index contributed by atoms with van der Waals surface area (Å²) in [6.45, 7) is 2.08. The zero-order chi connectivity index (χ0) is 22.5. The van der Waals surface area contributed by atoms with E-state index in [2.05, 4.69) is 50.0 Å². The monoisotopic (exact) mass is 443 g/mol. The van der Waals surface area contributed by atoms with Crippen molar-refractivity contribution >= 4 is 43.1 Å². The van der Waals surface area contributed by atoms with E-state index in [0.29, 0.717) is 16.9 Å². The zero-order valence-electron chi connectivity index (χ0n) is 17.9. The van der Waals surface area contributed by atoms with Gasteiger partial charge in [0.1, 0.15) is 0 Å². The number of nitrogens with zero attached hydrogens (tertiary/aromatic N) is 4. The Morgan fingerprint density at radius 3 is 2.59 bits per heavy atom. The van der Waals surface area contributed by atoms with Gasteiger partial charge in [-0.2, -0.15) is 0 Å². The van der Waals surface area contributed by atoms with E-state index in [1.54, 1.807) is 12.4 Å². The molecule has 8 heteroatoms. The number of rotatable bonds is 4. The van der Waals surface area contributed by atoms with Gasteiger partial charge in [-0.15, -0.1) is 0 Å². The minimum absolute atomic E-state index is 0.190. The number of hydrogen-bond acceptors (Lipinski definition) is 6. The Morgan fingerprint density at radius 2 is 1.78 bits per heavy atom. The van der Waals surface area contributed by atoms with Crippen molar-refractivity contribution in [3.8, 4) is 11.1 Å². The van der Waals surface area contributed by atoms with E-state index in [4.69, 9.17) is 0 Å². The summed E-state index contributed by atoms with van der Waals surface area (Å²) in [6, 6.07) is 11.7. The Kier molecular flexibility index (Phi) is 4.67. The van der Waals surface area contributed by atoms with Crippen molar-refractivity contribution in [1.82, 2.24) is 19.5 Å². The van der Waals surface area contributed by atoms with Gasteiger partial charge >= 0.3 is 0 Å². The fraction of sp³-hybridized carbons (Fsp3) is 0.125. The van der Waals surface area contributed by atoms with Gasteiger partial charge in [-0.3, -0.25) is 15.0 Å². The van der Waals surface area contributed by atoms with E-state index in [0.717, 1.165) is 27.7 Å². The second-order valence-electron chi connectivity index (χ2n) is 7.87. The van der Waals surface area contributed by atoms with Crippen LogP contribution >= 0.6 is 0 Å². The highest BCUT2D eigenvalue weighted by Gasteiger charge is 2.16. The Labute approximate surface area is 185 Å². The van der Waals surface area contributed by atoms with E-state index in [1.165, 1.54) is 30.1 Å². The number of hydrogen-bond donors (Lipinski definition) is 1. The van der Waals surface area contributed by atoms with Gasteiger partial charge < -0.3 is 9.88 Å². The van der Waals surface area contributed by atoms with Crippen LogP contribution in [0.25, 0.3) is 33.1 Å². The van der Waals surface area contributed by atoms with Gasteiger partial charge in [0.05, 0.1) is 27.8 Å². The molecule has 0 spiro atoms. The summed E-state index contributed by atoms with van der Waals surface area (Å²) in [4.78, 5) is 13.4. The predicted octanol–water partition coefficient (Wildman–Crippen LogP) is 4.64. The lowest BCUT2D eigenvalue weighted by atomic mass is 9.97. The van der Waals surface area contributed by atoms with Crippen LogP contribution in [0.1, 0.15) is 5.56 Å². The molecule has 160 valence electrons. The first-order chi connectivity index (χ1) is 15.3. The number of nitrogens with one attached hydrogen (secondary N) is 1. The van der Waals surface area contributed by atoms with E-state index in [9.17, 15) is 8.42 Å². The quantitative estimate of drug-likeness (QED) is 0.435. The minimum Gasteiger partial charge on any atom is -0.353 e. The van der Waals surface area contributed by atoms with Crippen molar-refractivity contribution in [2.24, 2.45) is 7.05 Å². The molecule has 0 saturated heterocycles. The molecule has 3 heterocycles. The standard InChI is InChI=1S/C24H21N5O2S/c1-15-10-16-5-9-29(2)22(16)13-18(15)19-11-17(12-20-24(19)27-8-7-26-20)28-21-14-25-6-4-23(21)32(3,30)31/h4-14,28H,1-3H3. The van der Waals surface area contributed by atoms with Crippen molar-refractivity contribution in [2.75, 3.05) is 11.6 Å². The van der Waals surface area contributed by atoms with Crippen LogP contribution in [0.5, 0.6) is 0 Å². The molecule has 7 nitrogen and oxygen atoms in total. The maximum atomic E-state index is 12.2. The van der Waals surface area contributed by atoms with E-state index < -0.39 is 9.84 Å². The highest BCUT2D eigenvalue weighted by molar-refractivity contribution is 7.90. The summed E-state index contributed by atoms with van der Waals surface area (Å²) in [7, 11) is -1.40. The van der Waals surface area contributed by atoms with Crippen molar-refractivity contribution in [3.05, 3.63) is 72.9 Å². The third-order valence-corrected chi connectivity index (χ3v) is 6.71. The number of aryl methyl sites for hydroxylation is 2.